The third-order valence-electron chi connectivity index (χ3n) is 4.17. The highest BCUT2D eigenvalue weighted by Gasteiger charge is 2.27. The van der Waals surface area contributed by atoms with Crippen LogP contribution < -0.4 is 5.32 Å². The fourth-order valence-corrected chi connectivity index (χ4v) is 2.66. The van der Waals surface area contributed by atoms with E-state index < -0.39 is 12.8 Å². The molecule has 0 radical (unpaired) electrons. The van der Waals surface area contributed by atoms with Crippen molar-refractivity contribution in [3.63, 3.8) is 0 Å². The Hall–Kier alpha value is -3.20. The Balaban J connectivity index is 1.55. The molecule has 9 heteroatoms. The van der Waals surface area contributed by atoms with Gasteiger partial charge in [0.05, 0.1) is 18.3 Å². The standard InChI is InChI=1S/C20H19F3N4O2/c1-14(16-6-8-18(9-7-16)27-13-24-12-25-27)26-19(28)17-4-2-15(3-5-17)10-29-11-20(21,22)23/h2-9,12-14H,10-11H2,1H3,(H,26,28). The number of benzene rings is 2. The minimum absolute atomic E-state index is 0.171. The first-order chi connectivity index (χ1) is 13.8. The van der Waals surface area contributed by atoms with Gasteiger partial charge in [0.1, 0.15) is 19.3 Å². The van der Waals surface area contributed by atoms with Gasteiger partial charge in [-0.3, -0.25) is 4.79 Å². The van der Waals surface area contributed by atoms with Crippen LogP contribution in [0.1, 0.15) is 34.5 Å². The van der Waals surface area contributed by atoms with Crippen LogP contribution in [0.25, 0.3) is 5.69 Å². The Morgan fingerprint density at radius 1 is 1.14 bits per heavy atom. The van der Waals surface area contributed by atoms with Crippen LogP contribution in [0.15, 0.2) is 61.2 Å². The van der Waals surface area contributed by atoms with E-state index in [-0.39, 0.29) is 18.6 Å². The van der Waals surface area contributed by atoms with Gasteiger partial charge in [-0.25, -0.2) is 9.67 Å². The summed E-state index contributed by atoms with van der Waals surface area (Å²) in [6, 6.07) is 13.6. The molecule has 0 aliphatic carbocycles. The number of halogens is 3. The van der Waals surface area contributed by atoms with E-state index in [1.807, 2.05) is 31.2 Å². The summed E-state index contributed by atoms with van der Waals surface area (Å²) in [5, 5.41) is 6.95. The minimum atomic E-state index is -4.36. The average Bonchev–Trinajstić information content (AvgIpc) is 3.22. The summed E-state index contributed by atoms with van der Waals surface area (Å²) in [7, 11) is 0. The van der Waals surface area contributed by atoms with Crippen molar-refractivity contribution < 1.29 is 22.7 Å². The van der Waals surface area contributed by atoms with E-state index in [4.69, 9.17) is 0 Å². The number of carbonyl (C=O) groups excluding carboxylic acids is 1. The highest BCUT2D eigenvalue weighted by molar-refractivity contribution is 5.94. The first-order valence-electron chi connectivity index (χ1n) is 8.81. The molecule has 0 spiro atoms. The lowest BCUT2D eigenvalue weighted by molar-refractivity contribution is -0.176. The van der Waals surface area contributed by atoms with Gasteiger partial charge in [0, 0.05) is 5.56 Å². The molecule has 1 aromatic heterocycles. The summed E-state index contributed by atoms with van der Waals surface area (Å²) in [4.78, 5) is 16.3. The fourth-order valence-electron chi connectivity index (χ4n) is 2.66. The Morgan fingerprint density at radius 2 is 1.83 bits per heavy atom. The van der Waals surface area contributed by atoms with E-state index in [0.717, 1.165) is 11.3 Å². The van der Waals surface area contributed by atoms with Gasteiger partial charge < -0.3 is 10.1 Å². The second-order valence-corrected chi connectivity index (χ2v) is 6.43. The second-order valence-electron chi connectivity index (χ2n) is 6.43. The molecule has 29 heavy (non-hydrogen) atoms. The number of carbonyl (C=O) groups is 1. The molecule has 0 saturated heterocycles. The average molecular weight is 404 g/mol. The fraction of sp³-hybridized carbons (Fsp3) is 0.250. The smallest absolute Gasteiger partial charge is 0.367 e. The predicted octanol–water partition coefficient (Wildman–Crippen LogP) is 3.84. The number of nitrogens with zero attached hydrogens (tertiary/aromatic N) is 3. The Morgan fingerprint density at radius 3 is 2.41 bits per heavy atom. The van der Waals surface area contributed by atoms with Crippen LogP contribution in [-0.4, -0.2) is 33.5 Å². The first kappa shape index (κ1) is 20.5. The lowest BCUT2D eigenvalue weighted by atomic mass is 10.1. The van der Waals surface area contributed by atoms with Crippen LogP contribution >= 0.6 is 0 Å². The lowest BCUT2D eigenvalue weighted by Gasteiger charge is -2.15. The molecule has 0 saturated carbocycles. The number of alkyl halides is 3. The zero-order chi connectivity index (χ0) is 20.9. The molecule has 3 rings (SSSR count). The van der Waals surface area contributed by atoms with Crippen LogP contribution in [0.4, 0.5) is 13.2 Å². The lowest BCUT2D eigenvalue weighted by Crippen LogP contribution is -2.26. The summed E-state index contributed by atoms with van der Waals surface area (Å²) in [5.74, 6) is -0.277. The molecule has 1 atom stereocenters. The van der Waals surface area contributed by atoms with Gasteiger partial charge in [-0.15, -0.1) is 0 Å². The molecule has 1 N–H and O–H groups in total. The number of hydrogen-bond acceptors (Lipinski definition) is 4. The van der Waals surface area contributed by atoms with Crippen LogP contribution in [0.5, 0.6) is 0 Å². The van der Waals surface area contributed by atoms with Crippen LogP contribution in [0.2, 0.25) is 0 Å². The van der Waals surface area contributed by atoms with Gasteiger partial charge in [-0.05, 0) is 42.3 Å². The van der Waals surface area contributed by atoms with Gasteiger partial charge in [0.15, 0.2) is 0 Å². The van der Waals surface area contributed by atoms with Crippen molar-refractivity contribution in [3.05, 3.63) is 77.9 Å². The molecule has 3 aromatic rings. The number of nitrogens with one attached hydrogen (secondary N) is 1. The molecule has 0 bridgehead atoms. The van der Waals surface area contributed by atoms with Crippen molar-refractivity contribution in [2.75, 3.05) is 6.61 Å². The third kappa shape index (κ3) is 5.89. The van der Waals surface area contributed by atoms with Gasteiger partial charge >= 0.3 is 6.18 Å². The Bertz CT molecular complexity index is 924. The molecule has 0 aliphatic rings. The van der Waals surface area contributed by atoms with Gasteiger partial charge in [0.25, 0.3) is 5.91 Å². The highest BCUT2D eigenvalue weighted by atomic mass is 19.4. The van der Waals surface area contributed by atoms with E-state index >= 15 is 0 Å². The minimum Gasteiger partial charge on any atom is -0.367 e. The summed E-state index contributed by atoms with van der Waals surface area (Å²) >= 11 is 0. The molecule has 1 unspecified atom stereocenters. The topological polar surface area (TPSA) is 69.0 Å². The van der Waals surface area contributed by atoms with Gasteiger partial charge in [-0.1, -0.05) is 24.3 Å². The quantitative estimate of drug-likeness (QED) is 0.650. The van der Waals surface area contributed by atoms with Crippen molar-refractivity contribution in [2.45, 2.75) is 25.7 Å². The molecule has 152 valence electrons. The van der Waals surface area contributed by atoms with Crippen molar-refractivity contribution in [1.29, 1.82) is 0 Å². The van der Waals surface area contributed by atoms with E-state index in [1.165, 1.54) is 6.33 Å². The summed E-state index contributed by atoms with van der Waals surface area (Å²) in [6.45, 7) is 0.389. The molecule has 6 nitrogen and oxygen atoms in total. The maximum atomic E-state index is 12.4. The monoisotopic (exact) mass is 404 g/mol. The molecule has 1 heterocycles. The van der Waals surface area contributed by atoms with E-state index in [1.54, 1.807) is 35.3 Å². The van der Waals surface area contributed by atoms with E-state index in [9.17, 15) is 18.0 Å². The summed E-state index contributed by atoms with van der Waals surface area (Å²) in [6.07, 6.45) is -1.31. The van der Waals surface area contributed by atoms with E-state index in [2.05, 4.69) is 20.1 Å². The number of amides is 1. The van der Waals surface area contributed by atoms with Crippen molar-refractivity contribution in [2.24, 2.45) is 0 Å². The van der Waals surface area contributed by atoms with Crippen molar-refractivity contribution in [3.8, 4) is 5.69 Å². The predicted molar refractivity (Wildman–Crippen MR) is 99.4 cm³/mol. The van der Waals surface area contributed by atoms with E-state index in [0.29, 0.717) is 11.1 Å². The zero-order valence-corrected chi connectivity index (χ0v) is 15.6. The van der Waals surface area contributed by atoms with Gasteiger partial charge in [0.2, 0.25) is 0 Å². The van der Waals surface area contributed by atoms with Crippen LogP contribution in [0.3, 0.4) is 0 Å². The van der Waals surface area contributed by atoms with Crippen LogP contribution in [0, 0.1) is 0 Å². The molecular formula is C20H19F3N4O2. The maximum Gasteiger partial charge on any atom is 0.411 e. The first-order valence-corrected chi connectivity index (χ1v) is 8.81. The normalized spacial score (nSPS) is 12.6. The largest absolute Gasteiger partial charge is 0.411 e. The third-order valence-corrected chi connectivity index (χ3v) is 4.17. The molecule has 1 amide bonds. The number of hydrogen-bond donors (Lipinski definition) is 1. The van der Waals surface area contributed by atoms with Crippen molar-refractivity contribution in [1.82, 2.24) is 20.1 Å². The molecule has 0 fully saturated rings. The van der Waals surface area contributed by atoms with Gasteiger partial charge in [-0.2, -0.15) is 18.3 Å². The molecular weight excluding hydrogens is 385 g/mol. The zero-order valence-electron chi connectivity index (χ0n) is 15.6. The van der Waals surface area contributed by atoms with Crippen molar-refractivity contribution >= 4 is 5.91 Å². The second kappa shape index (κ2) is 8.87. The summed E-state index contributed by atoms with van der Waals surface area (Å²) < 4.78 is 42.5. The van der Waals surface area contributed by atoms with Crippen LogP contribution in [-0.2, 0) is 11.3 Å². The molecule has 0 aliphatic heterocycles. The Kier molecular flexibility index (Phi) is 6.28. The Labute approximate surface area is 165 Å². The SMILES string of the molecule is CC(NC(=O)c1ccc(COCC(F)(F)F)cc1)c1ccc(-n2cncn2)cc1. The highest BCUT2D eigenvalue weighted by Crippen LogP contribution is 2.17. The number of ether oxygens (including phenoxy) is 1. The molecule has 2 aromatic carbocycles. The number of aromatic nitrogens is 3. The number of rotatable bonds is 7. The summed E-state index contributed by atoms with van der Waals surface area (Å²) in [5.41, 5.74) is 2.74. The maximum absolute atomic E-state index is 12.4.